The number of carbonyl (C=O) groups excluding carboxylic acids is 2. The Morgan fingerprint density at radius 1 is 1.11 bits per heavy atom. The molecule has 0 aliphatic rings. The number of benzene rings is 2. The van der Waals surface area contributed by atoms with E-state index in [0.29, 0.717) is 21.8 Å². The first-order valence-electron chi connectivity index (χ1n) is 10.9. The van der Waals surface area contributed by atoms with Crippen molar-refractivity contribution in [2.45, 2.75) is 24.5 Å². The van der Waals surface area contributed by atoms with E-state index < -0.39 is 11.7 Å². The molecule has 0 aliphatic carbocycles. The third kappa shape index (κ3) is 5.87. The lowest BCUT2D eigenvalue weighted by molar-refractivity contribution is -0.121. The number of thioether (sulfide) groups is 1. The van der Waals surface area contributed by atoms with E-state index in [2.05, 4.69) is 10.6 Å². The number of amides is 2. The van der Waals surface area contributed by atoms with Crippen LogP contribution in [0.5, 0.6) is 0 Å². The van der Waals surface area contributed by atoms with Crippen LogP contribution in [-0.2, 0) is 16.1 Å². The summed E-state index contributed by atoms with van der Waals surface area (Å²) in [5.41, 5.74) is 0.421. The third-order valence-corrected chi connectivity index (χ3v) is 7.27. The van der Waals surface area contributed by atoms with Crippen molar-refractivity contribution in [2.75, 3.05) is 24.2 Å². The molecular formula is C24H23FN4O4S2. The summed E-state index contributed by atoms with van der Waals surface area (Å²) >= 11 is 2.44. The normalized spacial score (nSPS) is 11.1. The molecule has 2 aromatic heterocycles. The van der Waals surface area contributed by atoms with Crippen LogP contribution in [0, 0.1) is 5.82 Å². The first-order valence-corrected chi connectivity index (χ1v) is 12.7. The van der Waals surface area contributed by atoms with Gasteiger partial charge in [0, 0.05) is 29.6 Å². The zero-order chi connectivity index (χ0) is 24.8. The molecule has 2 heterocycles. The second-order valence-electron chi connectivity index (χ2n) is 7.62. The van der Waals surface area contributed by atoms with Crippen LogP contribution in [0.3, 0.4) is 0 Å². The Bertz CT molecular complexity index is 1440. The summed E-state index contributed by atoms with van der Waals surface area (Å²) in [6.45, 7) is 0.263. The highest BCUT2D eigenvalue weighted by Gasteiger charge is 2.18. The first kappa shape index (κ1) is 24.8. The fraction of sp³-hybridized carbons (Fsp3) is 0.250. The van der Waals surface area contributed by atoms with Crippen LogP contribution in [-0.4, -0.2) is 45.4 Å². The summed E-state index contributed by atoms with van der Waals surface area (Å²) in [6, 6.07) is 13.5. The van der Waals surface area contributed by atoms with Crippen molar-refractivity contribution in [2.24, 2.45) is 0 Å². The number of halogens is 1. The minimum atomic E-state index is -0.536. The number of aromatic nitrogens is 2. The van der Waals surface area contributed by atoms with E-state index in [1.807, 2.05) is 24.3 Å². The Hall–Kier alpha value is -3.28. The number of hydrogen-bond acceptors (Lipinski definition) is 7. The van der Waals surface area contributed by atoms with E-state index in [1.165, 1.54) is 34.1 Å². The van der Waals surface area contributed by atoms with Gasteiger partial charge >= 0.3 is 0 Å². The second kappa shape index (κ2) is 11.4. The van der Waals surface area contributed by atoms with Crippen LogP contribution in [0.15, 0.2) is 58.5 Å². The lowest BCUT2D eigenvalue weighted by Crippen LogP contribution is -2.28. The molecule has 0 bridgehead atoms. The summed E-state index contributed by atoms with van der Waals surface area (Å²) in [4.78, 5) is 42.5. The standard InChI is InChI=1S/C24H23FN4O4S2/c25-16-7-2-3-8-17(16)27-20(32)14-34-24-28-21-15-6-1-4-9-18(15)35-22(21)23(33)29(24)12-5-10-19(31)26-11-13-30/h1-4,6-9,30H,5,10-14H2,(H,26,31)(H,27,32). The molecule has 0 radical (unpaired) electrons. The van der Waals surface area contributed by atoms with E-state index in [-0.39, 0.29) is 49.0 Å². The first-order chi connectivity index (χ1) is 17.0. The minimum Gasteiger partial charge on any atom is -0.395 e. The van der Waals surface area contributed by atoms with Crippen LogP contribution in [0.4, 0.5) is 10.1 Å². The molecule has 0 saturated heterocycles. The molecule has 4 rings (SSSR count). The Morgan fingerprint density at radius 3 is 2.69 bits per heavy atom. The van der Waals surface area contributed by atoms with Crippen molar-refractivity contribution in [3.05, 3.63) is 64.7 Å². The number of carbonyl (C=O) groups is 2. The number of aliphatic hydroxyl groups is 1. The van der Waals surface area contributed by atoms with Gasteiger partial charge in [-0.1, -0.05) is 42.1 Å². The quantitative estimate of drug-likeness (QED) is 0.221. The van der Waals surface area contributed by atoms with Gasteiger partial charge in [0.1, 0.15) is 10.5 Å². The zero-order valence-electron chi connectivity index (χ0n) is 18.6. The summed E-state index contributed by atoms with van der Waals surface area (Å²) < 4.78 is 16.8. The number of thiophene rings is 1. The number of hydrogen-bond donors (Lipinski definition) is 3. The topological polar surface area (TPSA) is 113 Å². The smallest absolute Gasteiger partial charge is 0.272 e. The van der Waals surface area contributed by atoms with Crippen molar-refractivity contribution >= 4 is 60.9 Å². The molecule has 2 aromatic carbocycles. The van der Waals surface area contributed by atoms with Crippen LogP contribution in [0.25, 0.3) is 20.3 Å². The number of aliphatic hydroxyl groups excluding tert-OH is 1. The molecule has 0 fully saturated rings. The molecular weight excluding hydrogens is 491 g/mol. The average molecular weight is 515 g/mol. The number of nitrogens with one attached hydrogen (secondary N) is 2. The van der Waals surface area contributed by atoms with Crippen LogP contribution >= 0.6 is 23.1 Å². The Balaban J connectivity index is 1.59. The highest BCUT2D eigenvalue weighted by Crippen LogP contribution is 2.32. The largest absolute Gasteiger partial charge is 0.395 e. The van der Waals surface area contributed by atoms with Crippen LogP contribution < -0.4 is 16.2 Å². The summed E-state index contributed by atoms with van der Waals surface area (Å²) in [7, 11) is 0. The maximum Gasteiger partial charge on any atom is 0.272 e. The van der Waals surface area contributed by atoms with Gasteiger partial charge in [0.05, 0.1) is 23.6 Å². The van der Waals surface area contributed by atoms with Gasteiger partial charge in [0.2, 0.25) is 11.8 Å². The fourth-order valence-electron chi connectivity index (χ4n) is 3.52. The minimum absolute atomic E-state index is 0.0780. The molecule has 0 saturated carbocycles. The molecule has 182 valence electrons. The molecule has 11 heteroatoms. The predicted molar refractivity (Wildman–Crippen MR) is 136 cm³/mol. The average Bonchev–Trinajstić information content (AvgIpc) is 3.23. The van der Waals surface area contributed by atoms with Crippen molar-refractivity contribution in [1.82, 2.24) is 14.9 Å². The van der Waals surface area contributed by atoms with E-state index >= 15 is 0 Å². The third-order valence-electron chi connectivity index (χ3n) is 5.15. The lowest BCUT2D eigenvalue weighted by Gasteiger charge is -2.12. The van der Waals surface area contributed by atoms with E-state index in [0.717, 1.165) is 21.8 Å². The van der Waals surface area contributed by atoms with Crippen molar-refractivity contribution in [3.63, 3.8) is 0 Å². The van der Waals surface area contributed by atoms with E-state index in [4.69, 9.17) is 10.1 Å². The summed E-state index contributed by atoms with van der Waals surface area (Å²) in [6.07, 6.45) is 0.555. The summed E-state index contributed by atoms with van der Waals surface area (Å²) in [5, 5.41) is 15.2. The highest BCUT2D eigenvalue weighted by molar-refractivity contribution is 7.99. The molecule has 0 aliphatic heterocycles. The van der Waals surface area contributed by atoms with Crippen LogP contribution in [0.2, 0.25) is 0 Å². The van der Waals surface area contributed by atoms with Gasteiger partial charge in [-0.25, -0.2) is 9.37 Å². The van der Waals surface area contributed by atoms with Crippen molar-refractivity contribution < 1.29 is 19.1 Å². The van der Waals surface area contributed by atoms with Gasteiger partial charge < -0.3 is 15.7 Å². The highest BCUT2D eigenvalue weighted by atomic mass is 32.2. The Morgan fingerprint density at radius 2 is 1.89 bits per heavy atom. The van der Waals surface area contributed by atoms with Gasteiger partial charge in [-0.3, -0.25) is 19.0 Å². The van der Waals surface area contributed by atoms with E-state index in [9.17, 15) is 18.8 Å². The van der Waals surface area contributed by atoms with Gasteiger partial charge in [0.25, 0.3) is 5.56 Å². The zero-order valence-corrected chi connectivity index (χ0v) is 20.3. The Labute approximate surface area is 208 Å². The number of fused-ring (bicyclic) bond motifs is 3. The van der Waals surface area contributed by atoms with Gasteiger partial charge in [0.15, 0.2) is 5.16 Å². The monoisotopic (exact) mass is 514 g/mol. The van der Waals surface area contributed by atoms with Crippen LogP contribution in [0.1, 0.15) is 12.8 Å². The van der Waals surface area contributed by atoms with Crippen molar-refractivity contribution in [3.8, 4) is 0 Å². The molecule has 0 spiro atoms. The second-order valence-corrected chi connectivity index (χ2v) is 9.62. The number of anilines is 1. The van der Waals surface area contributed by atoms with Gasteiger partial charge in [-0.05, 0) is 24.6 Å². The Kier molecular flexibility index (Phi) is 8.11. The number of para-hydroxylation sites is 1. The molecule has 2 amide bonds. The van der Waals surface area contributed by atoms with Gasteiger partial charge in [-0.15, -0.1) is 11.3 Å². The molecule has 3 N–H and O–H groups in total. The van der Waals surface area contributed by atoms with Crippen molar-refractivity contribution in [1.29, 1.82) is 0 Å². The summed E-state index contributed by atoms with van der Waals surface area (Å²) in [5.74, 6) is -1.27. The fourth-order valence-corrected chi connectivity index (χ4v) is 5.43. The molecule has 0 atom stereocenters. The molecule has 8 nitrogen and oxygen atoms in total. The molecule has 35 heavy (non-hydrogen) atoms. The maximum absolute atomic E-state index is 13.9. The number of nitrogens with zero attached hydrogens (tertiary/aromatic N) is 2. The lowest BCUT2D eigenvalue weighted by atomic mass is 10.2. The van der Waals surface area contributed by atoms with E-state index in [1.54, 1.807) is 6.07 Å². The maximum atomic E-state index is 13.9. The van der Waals surface area contributed by atoms with Gasteiger partial charge in [-0.2, -0.15) is 0 Å². The predicted octanol–water partition coefficient (Wildman–Crippen LogP) is 3.37. The SMILES string of the molecule is O=C(CCCn1c(SCC(=O)Nc2ccccc2F)nc2c(sc3ccccc32)c1=O)NCCO. The molecule has 0 unspecified atom stereocenters. The molecule has 4 aromatic rings. The number of rotatable bonds is 10.